The van der Waals surface area contributed by atoms with Crippen LogP contribution in [0.15, 0.2) is 54.6 Å². The molecule has 1 heterocycles. The third kappa shape index (κ3) is 3.60. The molecule has 0 bridgehead atoms. The molecule has 2 unspecified atom stereocenters. The summed E-state index contributed by atoms with van der Waals surface area (Å²) in [6.45, 7) is 0.751. The minimum atomic E-state index is -0.948. The van der Waals surface area contributed by atoms with Crippen LogP contribution in [0, 0.1) is 0 Å². The zero-order valence-electron chi connectivity index (χ0n) is 16.6. The van der Waals surface area contributed by atoms with Crippen molar-refractivity contribution in [3.8, 4) is 5.75 Å². The highest BCUT2D eigenvalue weighted by Crippen LogP contribution is 2.46. The van der Waals surface area contributed by atoms with Gasteiger partial charge in [-0.1, -0.05) is 30.3 Å². The summed E-state index contributed by atoms with van der Waals surface area (Å²) >= 11 is 0. The van der Waals surface area contributed by atoms with Crippen molar-refractivity contribution in [2.75, 3.05) is 27.7 Å². The van der Waals surface area contributed by atoms with Gasteiger partial charge in [0.1, 0.15) is 5.75 Å². The van der Waals surface area contributed by atoms with E-state index in [-0.39, 0.29) is 18.3 Å². The predicted molar refractivity (Wildman–Crippen MR) is 115 cm³/mol. The van der Waals surface area contributed by atoms with Gasteiger partial charge in [-0.2, -0.15) is 0 Å². The fourth-order valence-electron chi connectivity index (χ4n) is 4.27. The van der Waals surface area contributed by atoms with Gasteiger partial charge in [-0.15, -0.1) is 12.4 Å². The third-order valence-electron chi connectivity index (χ3n) is 5.65. The highest BCUT2D eigenvalue weighted by atomic mass is 35.5. The molecule has 0 aliphatic heterocycles. The number of para-hydroxylation sites is 1. The van der Waals surface area contributed by atoms with Gasteiger partial charge in [-0.05, 0) is 62.3 Å². The predicted octanol–water partition coefficient (Wildman–Crippen LogP) is 4.14. The maximum atomic E-state index is 11.9. The standard InChI is InChI=1S/C23H26N2O2.ClH/c1-25(2)15-20-19-13-16-7-4-5-10-21(16)24-22(19)11-12-23(20,26)17-8-6-9-18(14-17)27-3;/h4-10,13-14,20,26H,11-12,15H2,1-3H3;1H. The second-order valence-electron chi connectivity index (χ2n) is 7.69. The Morgan fingerprint density at radius 3 is 2.68 bits per heavy atom. The number of likely N-dealkylation sites (N-methyl/N-ethyl adjacent to an activating group) is 1. The number of hydrogen-bond donors (Lipinski definition) is 1. The van der Waals surface area contributed by atoms with Gasteiger partial charge >= 0.3 is 0 Å². The van der Waals surface area contributed by atoms with E-state index >= 15 is 0 Å². The van der Waals surface area contributed by atoms with Crippen molar-refractivity contribution in [2.45, 2.75) is 24.4 Å². The lowest BCUT2D eigenvalue weighted by atomic mass is 9.69. The van der Waals surface area contributed by atoms with Crippen LogP contribution >= 0.6 is 12.4 Å². The van der Waals surface area contributed by atoms with Crippen LogP contribution in [0.3, 0.4) is 0 Å². The van der Waals surface area contributed by atoms with E-state index in [0.29, 0.717) is 6.42 Å². The van der Waals surface area contributed by atoms with E-state index in [4.69, 9.17) is 9.72 Å². The second kappa shape index (κ2) is 8.08. The monoisotopic (exact) mass is 398 g/mol. The smallest absolute Gasteiger partial charge is 0.119 e. The lowest BCUT2D eigenvalue weighted by Crippen LogP contribution is -2.42. The number of halogens is 1. The molecule has 1 aliphatic carbocycles. The van der Waals surface area contributed by atoms with Crippen molar-refractivity contribution in [3.63, 3.8) is 0 Å². The Kier molecular flexibility index (Phi) is 5.94. The molecule has 1 aromatic heterocycles. The molecule has 0 radical (unpaired) electrons. The van der Waals surface area contributed by atoms with Crippen LogP contribution in [0.25, 0.3) is 10.9 Å². The van der Waals surface area contributed by atoms with E-state index < -0.39 is 5.60 Å². The Morgan fingerprint density at radius 2 is 1.93 bits per heavy atom. The summed E-state index contributed by atoms with van der Waals surface area (Å²) in [5, 5.41) is 13.0. The Hall–Kier alpha value is -2.14. The Bertz CT molecular complexity index is 976. The molecule has 3 aromatic rings. The SMILES string of the molecule is COc1cccc(C2(O)CCc3nc4ccccc4cc3C2CN(C)C)c1.Cl. The van der Waals surface area contributed by atoms with Crippen LogP contribution < -0.4 is 4.74 Å². The molecule has 0 fully saturated rings. The molecule has 0 saturated heterocycles. The number of benzene rings is 2. The molecule has 0 amide bonds. The first-order valence-corrected chi connectivity index (χ1v) is 9.41. The van der Waals surface area contributed by atoms with Gasteiger partial charge in [-0.25, -0.2) is 0 Å². The molecule has 0 spiro atoms. The van der Waals surface area contributed by atoms with Crippen molar-refractivity contribution in [2.24, 2.45) is 0 Å². The number of hydrogen-bond acceptors (Lipinski definition) is 4. The number of rotatable bonds is 4. The van der Waals surface area contributed by atoms with Crippen molar-refractivity contribution in [1.29, 1.82) is 0 Å². The summed E-state index contributed by atoms with van der Waals surface area (Å²) in [5.74, 6) is 0.715. The number of aryl methyl sites for hydroxylation is 1. The minimum Gasteiger partial charge on any atom is -0.497 e. The average Bonchev–Trinajstić information content (AvgIpc) is 2.69. The summed E-state index contributed by atoms with van der Waals surface area (Å²) in [5.41, 5.74) is 3.24. The Labute approximate surface area is 172 Å². The Morgan fingerprint density at radius 1 is 1.14 bits per heavy atom. The third-order valence-corrected chi connectivity index (χ3v) is 5.65. The highest BCUT2D eigenvalue weighted by molar-refractivity contribution is 5.85. The maximum Gasteiger partial charge on any atom is 0.119 e. The number of fused-ring (bicyclic) bond motifs is 2. The number of aromatic nitrogens is 1. The molecule has 1 aliphatic rings. The zero-order chi connectivity index (χ0) is 19.0. The van der Waals surface area contributed by atoms with Crippen molar-refractivity contribution < 1.29 is 9.84 Å². The molecule has 5 heteroatoms. The first-order chi connectivity index (χ1) is 13.0. The molecular weight excluding hydrogens is 372 g/mol. The van der Waals surface area contributed by atoms with Gasteiger partial charge in [0.15, 0.2) is 0 Å². The topological polar surface area (TPSA) is 45.6 Å². The number of nitrogens with zero attached hydrogens (tertiary/aromatic N) is 2. The van der Waals surface area contributed by atoms with Crippen LogP contribution in [0.1, 0.15) is 29.2 Å². The van der Waals surface area contributed by atoms with Gasteiger partial charge in [0.05, 0.1) is 18.2 Å². The highest BCUT2D eigenvalue weighted by Gasteiger charge is 2.44. The summed E-state index contributed by atoms with van der Waals surface area (Å²) in [6.07, 6.45) is 1.41. The van der Waals surface area contributed by atoms with Gasteiger partial charge in [0.2, 0.25) is 0 Å². The van der Waals surface area contributed by atoms with Crippen LogP contribution in [-0.4, -0.2) is 42.7 Å². The summed E-state index contributed by atoms with van der Waals surface area (Å²) < 4.78 is 5.40. The Balaban J connectivity index is 0.00000225. The van der Waals surface area contributed by atoms with Crippen molar-refractivity contribution >= 4 is 23.3 Å². The molecule has 0 saturated carbocycles. The van der Waals surface area contributed by atoms with Gasteiger partial charge in [-0.3, -0.25) is 4.98 Å². The lowest BCUT2D eigenvalue weighted by Gasteiger charge is -2.42. The largest absolute Gasteiger partial charge is 0.497 e. The summed E-state index contributed by atoms with van der Waals surface area (Å²) in [7, 11) is 5.76. The van der Waals surface area contributed by atoms with Crippen LogP contribution in [0.2, 0.25) is 0 Å². The molecule has 4 nitrogen and oxygen atoms in total. The maximum absolute atomic E-state index is 11.9. The second-order valence-corrected chi connectivity index (χ2v) is 7.69. The van der Waals surface area contributed by atoms with E-state index in [1.165, 1.54) is 0 Å². The van der Waals surface area contributed by atoms with Gasteiger partial charge in [0.25, 0.3) is 0 Å². The van der Waals surface area contributed by atoms with E-state index in [2.05, 4.69) is 37.2 Å². The summed E-state index contributed by atoms with van der Waals surface area (Å²) in [4.78, 5) is 7.05. The fourth-order valence-corrected chi connectivity index (χ4v) is 4.27. The number of pyridine rings is 1. The minimum absolute atomic E-state index is 0. The van der Waals surface area contributed by atoms with E-state index in [1.807, 2.05) is 36.4 Å². The number of methoxy groups -OCH3 is 1. The molecule has 28 heavy (non-hydrogen) atoms. The van der Waals surface area contributed by atoms with E-state index in [1.54, 1.807) is 7.11 Å². The number of ether oxygens (including phenoxy) is 1. The molecular formula is C23H27ClN2O2. The van der Waals surface area contributed by atoms with Crippen LogP contribution in [0.5, 0.6) is 5.75 Å². The molecule has 148 valence electrons. The van der Waals surface area contributed by atoms with E-state index in [9.17, 15) is 5.11 Å². The van der Waals surface area contributed by atoms with Gasteiger partial charge < -0.3 is 14.7 Å². The average molecular weight is 399 g/mol. The summed E-state index contributed by atoms with van der Waals surface area (Å²) in [6, 6.07) is 18.3. The first kappa shape index (κ1) is 20.6. The molecule has 1 N–H and O–H groups in total. The van der Waals surface area contributed by atoms with Crippen molar-refractivity contribution in [1.82, 2.24) is 9.88 Å². The fraction of sp³-hybridized carbons (Fsp3) is 0.348. The van der Waals surface area contributed by atoms with Crippen LogP contribution in [-0.2, 0) is 12.0 Å². The first-order valence-electron chi connectivity index (χ1n) is 9.41. The zero-order valence-corrected chi connectivity index (χ0v) is 17.4. The molecule has 2 atom stereocenters. The quantitative estimate of drug-likeness (QED) is 0.717. The van der Waals surface area contributed by atoms with Gasteiger partial charge in [0, 0.05) is 23.5 Å². The van der Waals surface area contributed by atoms with E-state index in [0.717, 1.165) is 46.4 Å². The molecule has 2 aromatic carbocycles. The number of aliphatic hydroxyl groups is 1. The van der Waals surface area contributed by atoms with Crippen LogP contribution in [0.4, 0.5) is 0 Å². The lowest BCUT2D eigenvalue weighted by molar-refractivity contribution is -0.0157. The normalized spacial score (nSPS) is 21.2. The van der Waals surface area contributed by atoms with Crippen molar-refractivity contribution in [3.05, 3.63) is 71.4 Å². The molecule has 4 rings (SSSR count).